The van der Waals surface area contributed by atoms with Crippen LogP contribution in [0.1, 0.15) is 16.8 Å². The minimum absolute atomic E-state index is 0.0729. The minimum Gasteiger partial charge on any atom is -0.483 e. The third kappa shape index (κ3) is 5.65. The van der Waals surface area contributed by atoms with Crippen LogP contribution in [0, 0.1) is 0 Å². The Hall–Kier alpha value is -3.24. The zero-order valence-electron chi connectivity index (χ0n) is 16.5. The van der Waals surface area contributed by atoms with Gasteiger partial charge in [-0.2, -0.15) is 4.98 Å². The standard InChI is InChI=1S/C19H23N5O3.CH2O2/c20-17-11-16(22-19(23-17)24-5-8-26-9-6-24)13-2-1-3-14(10-13)18(25)21-15-4-7-27-12-15;2-1-3/h1-3,10-11,15H,4-9,12H2,(H,21,25)(H2,20,22,23);1H,(H,2,3). The number of aromatic nitrogens is 2. The summed E-state index contributed by atoms with van der Waals surface area (Å²) >= 11 is 0. The Bertz CT molecular complexity index is 866. The molecule has 2 saturated heterocycles. The van der Waals surface area contributed by atoms with Gasteiger partial charge in [0.1, 0.15) is 5.82 Å². The number of nitrogens with two attached hydrogens (primary N) is 1. The number of benzene rings is 1. The molecular weight excluding hydrogens is 390 g/mol. The molecule has 10 heteroatoms. The van der Waals surface area contributed by atoms with E-state index in [0.717, 1.165) is 25.1 Å². The highest BCUT2D eigenvalue weighted by atomic mass is 16.5. The highest BCUT2D eigenvalue weighted by molar-refractivity contribution is 5.95. The quantitative estimate of drug-likeness (QED) is 0.618. The zero-order chi connectivity index (χ0) is 21.3. The maximum Gasteiger partial charge on any atom is 0.290 e. The molecule has 0 saturated carbocycles. The largest absolute Gasteiger partial charge is 0.483 e. The van der Waals surface area contributed by atoms with Crippen molar-refractivity contribution >= 4 is 24.1 Å². The van der Waals surface area contributed by atoms with E-state index in [0.29, 0.717) is 49.5 Å². The van der Waals surface area contributed by atoms with E-state index in [1.54, 1.807) is 12.1 Å². The molecule has 0 aliphatic carbocycles. The second-order valence-electron chi connectivity index (χ2n) is 6.80. The van der Waals surface area contributed by atoms with Crippen molar-refractivity contribution in [1.82, 2.24) is 15.3 Å². The van der Waals surface area contributed by atoms with Crippen molar-refractivity contribution in [2.24, 2.45) is 0 Å². The van der Waals surface area contributed by atoms with Crippen LogP contribution < -0.4 is 16.0 Å². The van der Waals surface area contributed by atoms with E-state index in [-0.39, 0.29) is 18.4 Å². The number of carboxylic acid groups (broad SMARTS) is 1. The van der Waals surface area contributed by atoms with Crippen LogP contribution in [0.5, 0.6) is 0 Å². The van der Waals surface area contributed by atoms with Gasteiger partial charge < -0.3 is 30.5 Å². The fourth-order valence-corrected chi connectivity index (χ4v) is 3.24. The van der Waals surface area contributed by atoms with Crippen LogP contribution in [0.3, 0.4) is 0 Å². The van der Waals surface area contributed by atoms with Crippen molar-refractivity contribution in [1.29, 1.82) is 0 Å². The van der Waals surface area contributed by atoms with E-state index < -0.39 is 0 Å². The second kappa shape index (κ2) is 10.5. The molecule has 0 bridgehead atoms. The fraction of sp³-hybridized carbons (Fsp3) is 0.400. The van der Waals surface area contributed by atoms with Crippen LogP contribution in [0.4, 0.5) is 11.8 Å². The highest BCUT2D eigenvalue weighted by Crippen LogP contribution is 2.23. The van der Waals surface area contributed by atoms with Gasteiger partial charge in [0.15, 0.2) is 0 Å². The first kappa shape index (κ1) is 21.5. The molecule has 2 aromatic rings. The summed E-state index contributed by atoms with van der Waals surface area (Å²) in [6.45, 7) is 3.76. The lowest BCUT2D eigenvalue weighted by molar-refractivity contribution is -0.122. The van der Waals surface area contributed by atoms with Crippen LogP contribution in [0.15, 0.2) is 30.3 Å². The first-order valence-corrected chi connectivity index (χ1v) is 9.65. The monoisotopic (exact) mass is 415 g/mol. The van der Waals surface area contributed by atoms with Gasteiger partial charge in [-0.1, -0.05) is 12.1 Å². The molecule has 2 fully saturated rings. The van der Waals surface area contributed by atoms with Gasteiger partial charge in [-0.3, -0.25) is 9.59 Å². The SMILES string of the molecule is Nc1cc(-c2cccc(C(=O)NC3CCOC3)c2)nc(N2CCOCC2)n1.O=CO. The number of morpholine rings is 1. The predicted molar refractivity (Wildman–Crippen MR) is 110 cm³/mol. The highest BCUT2D eigenvalue weighted by Gasteiger charge is 2.19. The summed E-state index contributed by atoms with van der Waals surface area (Å²) in [7, 11) is 0. The fourth-order valence-electron chi connectivity index (χ4n) is 3.24. The van der Waals surface area contributed by atoms with E-state index in [2.05, 4.69) is 20.2 Å². The molecular formula is C20H25N5O5. The number of nitrogens with zero attached hydrogens (tertiary/aromatic N) is 3. The van der Waals surface area contributed by atoms with Gasteiger partial charge in [-0.25, -0.2) is 4.98 Å². The molecule has 2 aliphatic heterocycles. The van der Waals surface area contributed by atoms with Gasteiger partial charge in [0.2, 0.25) is 5.95 Å². The van der Waals surface area contributed by atoms with Gasteiger partial charge in [-0.15, -0.1) is 0 Å². The minimum atomic E-state index is -0.250. The number of rotatable bonds is 4. The number of carbonyl (C=O) groups excluding carboxylic acids is 1. The molecule has 4 rings (SSSR count). The third-order valence-electron chi connectivity index (χ3n) is 4.71. The molecule has 1 atom stereocenters. The summed E-state index contributed by atoms with van der Waals surface area (Å²) in [5, 5.41) is 9.89. The molecule has 1 amide bonds. The Labute approximate surface area is 174 Å². The summed E-state index contributed by atoms with van der Waals surface area (Å²) in [6.07, 6.45) is 0.844. The molecule has 160 valence electrons. The molecule has 2 aliphatic rings. The number of anilines is 2. The van der Waals surface area contributed by atoms with Crippen molar-refractivity contribution in [3.05, 3.63) is 35.9 Å². The molecule has 1 unspecified atom stereocenters. The van der Waals surface area contributed by atoms with Crippen LogP contribution in [-0.4, -0.2) is 73.0 Å². The van der Waals surface area contributed by atoms with E-state index >= 15 is 0 Å². The zero-order valence-corrected chi connectivity index (χ0v) is 16.5. The molecule has 1 aromatic carbocycles. The Morgan fingerprint density at radius 3 is 2.67 bits per heavy atom. The summed E-state index contributed by atoms with van der Waals surface area (Å²) in [4.78, 5) is 31.9. The van der Waals surface area contributed by atoms with Gasteiger partial charge in [0.25, 0.3) is 12.4 Å². The van der Waals surface area contributed by atoms with Crippen LogP contribution in [-0.2, 0) is 14.3 Å². The predicted octanol–water partition coefficient (Wildman–Crippen LogP) is 0.782. The van der Waals surface area contributed by atoms with Crippen molar-refractivity contribution in [2.45, 2.75) is 12.5 Å². The van der Waals surface area contributed by atoms with Crippen LogP contribution in [0.2, 0.25) is 0 Å². The Balaban J connectivity index is 0.000000806. The summed E-state index contributed by atoms with van der Waals surface area (Å²) in [5.41, 5.74) is 8.12. The number of nitrogen functional groups attached to an aromatic ring is 1. The lowest BCUT2D eigenvalue weighted by atomic mass is 10.1. The van der Waals surface area contributed by atoms with E-state index in [9.17, 15) is 4.79 Å². The van der Waals surface area contributed by atoms with Crippen molar-refractivity contribution in [3.63, 3.8) is 0 Å². The number of hydrogen-bond donors (Lipinski definition) is 3. The number of carbonyl (C=O) groups is 2. The van der Waals surface area contributed by atoms with Gasteiger partial charge in [0, 0.05) is 36.9 Å². The van der Waals surface area contributed by atoms with Gasteiger partial charge >= 0.3 is 0 Å². The topological polar surface area (TPSA) is 140 Å². The third-order valence-corrected chi connectivity index (χ3v) is 4.71. The smallest absolute Gasteiger partial charge is 0.290 e. The number of nitrogens with one attached hydrogen (secondary N) is 1. The summed E-state index contributed by atoms with van der Waals surface area (Å²) in [5.74, 6) is 0.883. The van der Waals surface area contributed by atoms with Crippen molar-refractivity contribution in [2.75, 3.05) is 50.2 Å². The van der Waals surface area contributed by atoms with Crippen molar-refractivity contribution in [3.8, 4) is 11.3 Å². The second-order valence-corrected chi connectivity index (χ2v) is 6.80. The molecule has 10 nitrogen and oxygen atoms in total. The van der Waals surface area contributed by atoms with Gasteiger partial charge in [-0.05, 0) is 18.6 Å². The van der Waals surface area contributed by atoms with Gasteiger partial charge in [0.05, 0.1) is 31.6 Å². The van der Waals surface area contributed by atoms with Crippen LogP contribution >= 0.6 is 0 Å². The van der Waals surface area contributed by atoms with E-state index in [4.69, 9.17) is 25.1 Å². The molecule has 0 radical (unpaired) electrons. The lowest BCUT2D eigenvalue weighted by Crippen LogP contribution is -2.37. The normalized spacial score (nSPS) is 18.3. The average molecular weight is 415 g/mol. The first-order valence-electron chi connectivity index (χ1n) is 9.65. The molecule has 1 aromatic heterocycles. The Morgan fingerprint density at radius 1 is 1.20 bits per heavy atom. The summed E-state index contributed by atoms with van der Waals surface area (Å²) < 4.78 is 10.7. The van der Waals surface area contributed by atoms with Crippen molar-refractivity contribution < 1.29 is 24.2 Å². The number of amides is 1. The first-order chi connectivity index (χ1) is 14.6. The van der Waals surface area contributed by atoms with Crippen LogP contribution in [0.25, 0.3) is 11.3 Å². The number of ether oxygens (including phenoxy) is 2. The Kier molecular flexibility index (Phi) is 7.52. The maximum atomic E-state index is 12.5. The summed E-state index contributed by atoms with van der Waals surface area (Å²) in [6, 6.07) is 9.19. The average Bonchev–Trinajstić information content (AvgIpc) is 3.28. The van der Waals surface area contributed by atoms with E-state index in [1.807, 2.05) is 18.2 Å². The molecule has 4 N–H and O–H groups in total. The lowest BCUT2D eigenvalue weighted by Gasteiger charge is -2.27. The molecule has 0 spiro atoms. The van der Waals surface area contributed by atoms with E-state index in [1.165, 1.54) is 0 Å². The maximum absolute atomic E-state index is 12.5. The number of hydrogen-bond acceptors (Lipinski definition) is 8. The molecule has 3 heterocycles. The molecule has 30 heavy (non-hydrogen) atoms. The Morgan fingerprint density at radius 2 is 1.97 bits per heavy atom.